The molecule has 0 saturated carbocycles. The molecule has 0 heterocycles. The standard InChI is InChI=1S/C13H13BrN2O5/c1-4-21-12(17)13(2,7-15)8-5-9(14)10(16(18)19)6-11(8)20-3/h5-6H,4H2,1-3H3. The van der Waals surface area contributed by atoms with Crippen molar-refractivity contribution in [2.75, 3.05) is 13.7 Å². The van der Waals surface area contributed by atoms with E-state index in [9.17, 15) is 20.2 Å². The smallest absolute Gasteiger partial charge is 0.330 e. The third-order valence-corrected chi connectivity index (χ3v) is 3.55. The molecule has 0 aliphatic rings. The molecule has 0 N–H and O–H groups in total. The van der Waals surface area contributed by atoms with Crippen LogP contribution in [0.1, 0.15) is 19.4 Å². The molecule has 0 aromatic heterocycles. The minimum atomic E-state index is -1.63. The van der Waals surface area contributed by atoms with Gasteiger partial charge in [-0.15, -0.1) is 0 Å². The third-order valence-electron chi connectivity index (χ3n) is 2.91. The summed E-state index contributed by atoms with van der Waals surface area (Å²) >= 11 is 3.06. The zero-order valence-corrected chi connectivity index (χ0v) is 13.3. The van der Waals surface area contributed by atoms with Gasteiger partial charge in [0.15, 0.2) is 5.41 Å². The third kappa shape index (κ3) is 3.13. The first-order chi connectivity index (χ1) is 9.81. The fourth-order valence-electron chi connectivity index (χ4n) is 1.73. The van der Waals surface area contributed by atoms with Gasteiger partial charge in [-0.05, 0) is 35.8 Å². The Morgan fingerprint density at radius 2 is 2.19 bits per heavy atom. The number of nitro benzene ring substituents is 1. The molecule has 7 nitrogen and oxygen atoms in total. The lowest BCUT2D eigenvalue weighted by Gasteiger charge is -2.22. The van der Waals surface area contributed by atoms with E-state index in [2.05, 4.69) is 15.9 Å². The van der Waals surface area contributed by atoms with Crippen LogP contribution in [-0.2, 0) is 14.9 Å². The maximum Gasteiger partial charge on any atom is 0.330 e. The van der Waals surface area contributed by atoms with Crippen LogP contribution in [0.5, 0.6) is 5.75 Å². The highest BCUT2D eigenvalue weighted by Gasteiger charge is 2.41. The molecule has 21 heavy (non-hydrogen) atoms. The van der Waals surface area contributed by atoms with Crippen LogP contribution in [0.4, 0.5) is 5.69 Å². The van der Waals surface area contributed by atoms with Gasteiger partial charge >= 0.3 is 5.97 Å². The molecule has 1 unspecified atom stereocenters. The maximum absolute atomic E-state index is 12.0. The lowest BCUT2D eigenvalue weighted by Crippen LogP contribution is -2.33. The van der Waals surface area contributed by atoms with E-state index in [4.69, 9.17) is 9.47 Å². The van der Waals surface area contributed by atoms with Crippen LogP contribution in [0, 0.1) is 21.4 Å². The molecule has 0 amide bonds. The minimum absolute atomic E-state index is 0.0713. The Balaban J connectivity index is 3.54. The Bertz CT molecular complexity index is 626. The van der Waals surface area contributed by atoms with Gasteiger partial charge in [0.05, 0.1) is 35.2 Å². The van der Waals surface area contributed by atoms with Crippen LogP contribution in [0.3, 0.4) is 0 Å². The van der Waals surface area contributed by atoms with Gasteiger partial charge in [-0.2, -0.15) is 5.26 Å². The number of ether oxygens (including phenoxy) is 2. The van der Waals surface area contributed by atoms with Gasteiger partial charge in [0.25, 0.3) is 5.69 Å². The topological polar surface area (TPSA) is 102 Å². The van der Waals surface area contributed by atoms with Crippen molar-refractivity contribution in [3.05, 3.63) is 32.3 Å². The van der Waals surface area contributed by atoms with E-state index in [1.807, 2.05) is 6.07 Å². The molecule has 1 aromatic rings. The normalized spacial score (nSPS) is 12.9. The fourth-order valence-corrected chi connectivity index (χ4v) is 2.22. The van der Waals surface area contributed by atoms with Crippen molar-refractivity contribution in [2.45, 2.75) is 19.3 Å². The summed E-state index contributed by atoms with van der Waals surface area (Å²) < 4.78 is 10.1. The van der Waals surface area contributed by atoms with Gasteiger partial charge in [-0.25, -0.2) is 4.79 Å². The highest BCUT2D eigenvalue weighted by molar-refractivity contribution is 9.10. The van der Waals surface area contributed by atoms with E-state index in [1.54, 1.807) is 6.92 Å². The summed E-state index contributed by atoms with van der Waals surface area (Å²) in [5.41, 5.74) is -1.65. The first kappa shape index (κ1) is 16.9. The van der Waals surface area contributed by atoms with Crippen LogP contribution >= 0.6 is 15.9 Å². The molecule has 0 saturated heterocycles. The molecular formula is C13H13BrN2O5. The number of nitriles is 1. The predicted molar refractivity (Wildman–Crippen MR) is 76.9 cm³/mol. The maximum atomic E-state index is 12.0. The fraction of sp³-hybridized carbons (Fsp3) is 0.385. The predicted octanol–water partition coefficient (Wildman–Crippen LogP) is 2.71. The molecule has 1 atom stereocenters. The molecule has 0 spiro atoms. The number of nitro groups is 1. The summed E-state index contributed by atoms with van der Waals surface area (Å²) in [7, 11) is 1.30. The molecule has 0 radical (unpaired) electrons. The number of nitrogens with zero attached hydrogens (tertiary/aromatic N) is 2. The summed E-state index contributed by atoms with van der Waals surface area (Å²) in [6.45, 7) is 3.12. The molecule has 0 aliphatic heterocycles. The highest BCUT2D eigenvalue weighted by atomic mass is 79.9. The average molecular weight is 357 g/mol. The van der Waals surface area contributed by atoms with Crippen molar-refractivity contribution >= 4 is 27.6 Å². The van der Waals surface area contributed by atoms with Crippen LogP contribution in [0.25, 0.3) is 0 Å². The van der Waals surface area contributed by atoms with Gasteiger partial charge < -0.3 is 9.47 Å². The van der Waals surface area contributed by atoms with E-state index >= 15 is 0 Å². The van der Waals surface area contributed by atoms with E-state index in [-0.39, 0.29) is 28.1 Å². The molecular weight excluding hydrogens is 344 g/mol. The first-order valence-corrected chi connectivity index (χ1v) is 6.72. The lowest BCUT2D eigenvalue weighted by atomic mass is 9.83. The number of hydrogen-bond acceptors (Lipinski definition) is 6. The molecule has 1 aromatic carbocycles. The summed E-state index contributed by atoms with van der Waals surface area (Å²) in [5.74, 6) is -0.673. The van der Waals surface area contributed by atoms with Crippen LogP contribution in [-0.4, -0.2) is 24.6 Å². The first-order valence-electron chi connectivity index (χ1n) is 5.92. The Labute approximate surface area is 129 Å². The number of halogens is 1. The zero-order chi connectivity index (χ0) is 16.2. The number of esters is 1. The average Bonchev–Trinajstić information content (AvgIpc) is 2.45. The van der Waals surface area contributed by atoms with Crippen LogP contribution in [0.15, 0.2) is 16.6 Å². The van der Waals surface area contributed by atoms with Gasteiger partial charge in [0.1, 0.15) is 5.75 Å². The summed E-state index contributed by atoms with van der Waals surface area (Å²) in [4.78, 5) is 22.4. The van der Waals surface area contributed by atoms with Crippen molar-refractivity contribution in [1.82, 2.24) is 0 Å². The Morgan fingerprint density at radius 1 is 1.57 bits per heavy atom. The van der Waals surface area contributed by atoms with Gasteiger partial charge in [0.2, 0.25) is 0 Å². The number of methoxy groups -OCH3 is 1. The molecule has 0 bridgehead atoms. The van der Waals surface area contributed by atoms with Gasteiger partial charge in [0, 0.05) is 5.56 Å². The van der Waals surface area contributed by atoms with Crippen molar-refractivity contribution in [2.24, 2.45) is 0 Å². The van der Waals surface area contributed by atoms with E-state index in [0.29, 0.717) is 0 Å². The van der Waals surface area contributed by atoms with Crippen molar-refractivity contribution in [1.29, 1.82) is 5.26 Å². The van der Waals surface area contributed by atoms with E-state index in [1.165, 1.54) is 20.1 Å². The summed E-state index contributed by atoms with van der Waals surface area (Å²) in [6.07, 6.45) is 0. The Morgan fingerprint density at radius 3 is 2.62 bits per heavy atom. The Kier molecular flexibility index (Phi) is 5.27. The second-order valence-corrected chi connectivity index (χ2v) is 5.07. The number of hydrogen-bond donors (Lipinski definition) is 0. The largest absolute Gasteiger partial charge is 0.496 e. The van der Waals surface area contributed by atoms with Crippen LogP contribution < -0.4 is 4.74 Å². The molecule has 1 rings (SSSR count). The second-order valence-electron chi connectivity index (χ2n) is 4.22. The number of carbonyl (C=O) groups is 1. The summed E-state index contributed by atoms with van der Waals surface area (Å²) in [5, 5.41) is 20.3. The monoisotopic (exact) mass is 356 g/mol. The molecule has 0 fully saturated rings. The molecule has 112 valence electrons. The van der Waals surface area contributed by atoms with Crippen molar-refractivity contribution in [3.63, 3.8) is 0 Å². The number of benzene rings is 1. The van der Waals surface area contributed by atoms with E-state index < -0.39 is 16.3 Å². The minimum Gasteiger partial charge on any atom is -0.496 e. The molecule has 8 heteroatoms. The second kappa shape index (κ2) is 6.54. The van der Waals surface area contributed by atoms with Crippen molar-refractivity contribution < 1.29 is 19.2 Å². The highest BCUT2D eigenvalue weighted by Crippen LogP contribution is 2.39. The van der Waals surface area contributed by atoms with Crippen molar-refractivity contribution in [3.8, 4) is 11.8 Å². The van der Waals surface area contributed by atoms with Crippen LogP contribution in [0.2, 0.25) is 0 Å². The quantitative estimate of drug-likeness (QED) is 0.456. The Hall–Kier alpha value is -2.14. The van der Waals surface area contributed by atoms with Gasteiger partial charge in [-0.1, -0.05) is 0 Å². The SMILES string of the molecule is CCOC(=O)C(C)(C#N)c1cc(Br)c([N+](=O)[O-])cc1OC. The molecule has 0 aliphatic carbocycles. The number of rotatable bonds is 5. The lowest BCUT2D eigenvalue weighted by molar-refractivity contribution is -0.385. The van der Waals surface area contributed by atoms with E-state index in [0.717, 1.165) is 6.07 Å². The number of carbonyl (C=O) groups excluding carboxylic acids is 1. The van der Waals surface area contributed by atoms with Gasteiger partial charge in [-0.3, -0.25) is 10.1 Å². The zero-order valence-electron chi connectivity index (χ0n) is 11.7. The summed E-state index contributed by atoms with van der Waals surface area (Å²) in [6, 6.07) is 4.38.